The average Bonchev–Trinajstić information content (AvgIpc) is 3.01. The molecule has 0 aliphatic carbocycles. The van der Waals surface area contributed by atoms with Gasteiger partial charge in [0.15, 0.2) is 5.78 Å². The van der Waals surface area contributed by atoms with Gasteiger partial charge in [-0.2, -0.15) is 5.10 Å². The number of hydrogen-bond donors (Lipinski definition) is 0. The summed E-state index contributed by atoms with van der Waals surface area (Å²) in [4.78, 5) is 13.1. The zero-order chi connectivity index (χ0) is 15.2. The molecular formula is C16H18N2O2S. The van der Waals surface area contributed by atoms with E-state index in [1.165, 1.54) is 0 Å². The van der Waals surface area contributed by atoms with E-state index in [0.717, 1.165) is 22.8 Å². The number of benzene rings is 1. The third-order valence-electron chi connectivity index (χ3n) is 3.08. The number of methoxy groups -OCH3 is 1. The molecule has 0 fully saturated rings. The largest absolute Gasteiger partial charge is 0.496 e. The second-order valence-electron chi connectivity index (χ2n) is 4.40. The van der Waals surface area contributed by atoms with Crippen LogP contribution in [0.2, 0.25) is 0 Å². The molecule has 0 bridgehead atoms. The maximum atomic E-state index is 12.0. The molecule has 0 spiro atoms. The van der Waals surface area contributed by atoms with Crippen molar-refractivity contribution in [1.82, 2.24) is 9.78 Å². The van der Waals surface area contributed by atoms with Crippen LogP contribution in [-0.4, -0.2) is 28.9 Å². The quantitative estimate of drug-likeness (QED) is 0.465. The molecular weight excluding hydrogens is 284 g/mol. The van der Waals surface area contributed by atoms with E-state index in [1.807, 2.05) is 31.4 Å². The number of nitrogens with zero attached hydrogens (tertiary/aromatic N) is 2. The maximum Gasteiger partial charge on any atom is 0.189 e. The van der Waals surface area contributed by atoms with E-state index in [-0.39, 0.29) is 5.78 Å². The van der Waals surface area contributed by atoms with Gasteiger partial charge in [0.25, 0.3) is 0 Å². The third-order valence-corrected chi connectivity index (χ3v) is 3.85. The minimum absolute atomic E-state index is 0.0531. The Kier molecular flexibility index (Phi) is 5.22. The van der Waals surface area contributed by atoms with Crippen LogP contribution in [0.25, 0.3) is 6.08 Å². The summed E-state index contributed by atoms with van der Waals surface area (Å²) in [5.41, 5.74) is 1.53. The van der Waals surface area contributed by atoms with Gasteiger partial charge in [-0.05, 0) is 37.0 Å². The molecule has 0 saturated heterocycles. The number of hydrogen-bond acceptors (Lipinski definition) is 4. The Labute approximate surface area is 128 Å². The molecule has 110 valence electrons. The summed E-state index contributed by atoms with van der Waals surface area (Å²) in [6.07, 6.45) is 8.70. The standard InChI is InChI=1S/C16H18N2O2S/c1-4-18-11-13(10-17-18)14(19)7-5-12-6-8-16(21-3)15(9-12)20-2/h5-11H,4H2,1-3H3/b7-5-. The molecule has 0 aliphatic heterocycles. The van der Waals surface area contributed by atoms with Crippen molar-refractivity contribution in [2.24, 2.45) is 0 Å². The maximum absolute atomic E-state index is 12.0. The van der Waals surface area contributed by atoms with Crippen LogP contribution in [0.15, 0.2) is 41.6 Å². The lowest BCUT2D eigenvalue weighted by molar-refractivity contribution is 0.104. The third kappa shape index (κ3) is 3.76. The number of ether oxygens (including phenoxy) is 1. The van der Waals surface area contributed by atoms with Crippen LogP contribution in [0, 0.1) is 0 Å². The highest BCUT2D eigenvalue weighted by atomic mass is 32.2. The van der Waals surface area contributed by atoms with Crippen molar-refractivity contribution in [1.29, 1.82) is 0 Å². The number of ketones is 1. The first kappa shape index (κ1) is 15.4. The van der Waals surface area contributed by atoms with Gasteiger partial charge in [0.05, 0.1) is 18.9 Å². The molecule has 0 atom stereocenters. The van der Waals surface area contributed by atoms with Crippen molar-refractivity contribution < 1.29 is 9.53 Å². The van der Waals surface area contributed by atoms with Crippen molar-refractivity contribution in [2.45, 2.75) is 18.4 Å². The van der Waals surface area contributed by atoms with Crippen LogP contribution in [0.5, 0.6) is 5.75 Å². The topological polar surface area (TPSA) is 44.1 Å². The van der Waals surface area contributed by atoms with E-state index in [1.54, 1.807) is 48.1 Å². The van der Waals surface area contributed by atoms with Crippen LogP contribution in [-0.2, 0) is 6.54 Å². The highest BCUT2D eigenvalue weighted by Gasteiger charge is 2.05. The summed E-state index contributed by atoms with van der Waals surface area (Å²) in [5.74, 6) is 0.763. The van der Waals surface area contributed by atoms with Crippen LogP contribution in [0.1, 0.15) is 22.8 Å². The summed E-state index contributed by atoms with van der Waals surface area (Å²) in [5, 5.41) is 4.10. The summed E-state index contributed by atoms with van der Waals surface area (Å²) >= 11 is 1.63. The highest BCUT2D eigenvalue weighted by Crippen LogP contribution is 2.28. The van der Waals surface area contributed by atoms with Crippen LogP contribution in [0.4, 0.5) is 0 Å². The molecule has 1 aromatic heterocycles. The Hall–Kier alpha value is -2.01. The number of aryl methyl sites for hydroxylation is 1. The van der Waals surface area contributed by atoms with Gasteiger partial charge < -0.3 is 4.74 Å². The number of carbonyl (C=O) groups is 1. The lowest BCUT2D eigenvalue weighted by Gasteiger charge is -2.06. The molecule has 1 aromatic carbocycles. The van der Waals surface area contributed by atoms with Gasteiger partial charge in [-0.15, -0.1) is 11.8 Å². The summed E-state index contributed by atoms with van der Waals surface area (Å²) in [6, 6.07) is 5.88. The molecule has 0 amide bonds. The predicted octanol–water partition coefficient (Wildman–Crippen LogP) is 3.53. The minimum atomic E-state index is -0.0531. The van der Waals surface area contributed by atoms with Crippen LogP contribution >= 0.6 is 11.8 Å². The van der Waals surface area contributed by atoms with Crippen molar-refractivity contribution in [3.63, 3.8) is 0 Å². The van der Waals surface area contributed by atoms with E-state index >= 15 is 0 Å². The SMILES string of the molecule is CCn1cc(C(=O)/C=C\c2ccc(SC)c(OC)c2)cn1. The number of rotatable bonds is 6. The van der Waals surface area contributed by atoms with Gasteiger partial charge in [0, 0.05) is 17.6 Å². The molecule has 1 heterocycles. The van der Waals surface area contributed by atoms with E-state index in [4.69, 9.17) is 4.74 Å². The summed E-state index contributed by atoms with van der Waals surface area (Å²) < 4.78 is 7.07. The first-order valence-electron chi connectivity index (χ1n) is 6.64. The van der Waals surface area contributed by atoms with Gasteiger partial charge in [0.1, 0.15) is 5.75 Å². The molecule has 2 aromatic rings. The Morgan fingerprint density at radius 2 is 2.29 bits per heavy atom. The average molecular weight is 302 g/mol. The highest BCUT2D eigenvalue weighted by molar-refractivity contribution is 7.98. The first-order chi connectivity index (χ1) is 10.2. The monoisotopic (exact) mass is 302 g/mol. The molecule has 21 heavy (non-hydrogen) atoms. The Balaban J connectivity index is 2.15. The summed E-state index contributed by atoms with van der Waals surface area (Å²) in [7, 11) is 1.65. The smallest absolute Gasteiger partial charge is 0.189 e. The molecule has 2 rings (SSSR count). The number of thioether (sulfide) groups is 1. The first-order valence-corrected chi connectivity index (χ1v) is 7.87. The van der Waals surface area contributed by atoms with Gasteiger partial charge in [0.2, 0.25) is 0 Å². The molecule has 0 unspecified atom stereocenters. The fraction of sp³-hybridized carbons (Fsp3) is 0.250. The van der Waals surface area contributed by atoms with Crippen molar-refractivity contribution in [3.05, 3.63) is 47.8 Å². The Bertz CT molecular complexity index is 662. The zero-order valence-electron chi connectivity index (χ0n) is 12.4. The van der Waals surface area contributed by atoms with Gasteiger partial charge in [-0.1, -0.05) is 12.1 Å². The molecule has 5 heteroatoms. The van der Waals surface area contributed by atoms with Gasteiger partial charge >= 0.3 is 0 Å². The predicted molar refractivity (Wildman–Crippen MR) is 86.0 cm³/mol. The number of aromatic nitrogens is 2. The minimum Gasteiger partial charge on any atom is -0.496 e. The number of allylic oxidation sites excluding steroid dienone is 1. The van der Waals surface area contributed by atoms with Gasteiger partial charge in [-0.3, -0.25) is 9.48 Å². The molecule has 4 nitrogen and oxygen atoms in total. The van der Waals surface area contributed by atoms with Crippen LogP contribution in [0.3, 0.4) is 0 Å². The molecule has 0 saturated carbocycles. The van der Waals surface area contributed by atoms with E-state index in [0.29, 0.717) is 5.56 Å². The Morgan fingerprint density at radius 1 is 1.48 bits per heavy atom. The normalized spacial score (nSPS) is 11.0. The van der Waals surface area contributed by atoms with E-state index < -0.39 is 0 Å². The fourth-order valence-electron chi connectivity index (χ4n) is 1.89. The fourth-order valence-corrected chi connectivity index (χ4v) is 2.44. The van der Waals surface area contributed by atoms with E-state index in [2.05, 4.69) is 5.10 Å². The second kappa shape index (κ2) is 7.13. The molecule has 0 N–H and O–H groups in total. The van der Waals surface area contributed by atoms with Crippen LogP contribution < -0.4 is 4.74 Å². The lowest BCUT2D eigenvalue weighted by atomic mass is 10.1. The number of carbonyl (C=O) groups excluding carboxylic acids is 1. The Morgan fingerprint density at radius 3 is 2.90 bits per heavy atom. The lowest BCUT2D eigenvalue weighted by Crippen LogP contribution is -1.94. The van der Waals surface area contributed by atoms with Crippen molar-refractivity contribution >= 4 is 23.6 Å². The summed E-state index contributed by atoms with van der Waals surface area (Å²) in [6.45, 7) is 2.74. The zero-order valence-corrected chi connectivity index (χ0v) is 13.2. The molecule has 0 radical (unpaired) electrons. The van der Waals surface area contributed by atoms with Crippen molar-refractivity contribution in [2.75, 3.05) is 13.4 Å². The molecule has 0 aliphatic rings. The van der Waals surface area contributed by atoms with E-state index in [9.17, 15) is 4.79 Å². The second-order valence-corrected chi connectivity index (χ2v) is 5.24. The van der Waals surface area contributed by atoms with Crippen molar-refractivity contribution in [3.8, 4) is 5.75 Å². The van der Waals surface area contributed by atoms with Gasteiger partial charge in [-0.25, -0.2) is 0 Å².